The van der Waals surface area contributed by atoms with E-state index < -0.39 is 18.2 Å². The number of nitrogens with one attached hydrogen (secondary N) is 1. The van der Waals surface area contributed by atoms with E-state index in [-0.39, 0.29) is 24.9 Å². The van der Waals surface area contributed by atoms with E-state index in [1.54, 1.807) is 6.92 Å². The second kappa shape index (κ2) is 5.91. The molecule has 2 unspecified atom stereocenters. The fraction of sp³-hybridized carbons (Fsp3) is 0.545. The predicted molar refractivity (Wildman–Crippen MR) is 64.4 cm³/mol. The summed E-state index contributed by atoms with van der Waals surface area (Å²) in [5.41, 5.74) is -0.555. The summed E-state index contributed by atoms with van der Waals surface area (Å²) in [7, 11) is 0. The van der Waals surface area contributed by atoms with E-state index in [1.165, 1.54) is 16.8 Å². The van der Waals surface area contributed by atoms with Crippen LogP contribution in [0, 0.1) is 0 Å². The Morgan fingerprint density at radius 1 is 1.68 bits per heavy atom. The summed E-state index contributed by atoms with van der Waals surface area (Å²) in [5, 5.41) is 11.4. The molecule has 8 nitrogen and oxygen atoms in total. The van der Waals surface area contributed by atoms with Gasteiger partial charge in [0.1, 0.15) is 5.82 Å². The van der Waals surface area contributed by atoms with Crippen LogP contribution in [0.1, 0.15) is 19.6 Å². The summed E-state index contributed by atoms with van der Waals surface area (Å²) in [6.45, 7) is 1.59. The number of ether oxygens (including phenoxy) is 2. The van der Waals surface area contributed by atoms with Crippen LogP contribution in [-0.2, 0) is 14.3 Å². The Labute approximate surface area is 109 Å². The lowest BCUT2D eigenvalue weighted by Gasteiger charge is -2.12. The quantitative estimate of drug-likeness (QED) is 0.760. The van der Waals surface area contributed by atoms with Gasteiger partial charge < -0.3 is 19.9 Å². The van der Waals surface area contributed by atoms with Crippen molar-refractivity contribution in [3.05, 3.63) is 22.7 Å². The third-order valence-corrected chi connectivity index (χ3v) is 2.61. The van der Waals surface area contributed by atoms with Gasteiger partial charge in [0.15, 0.2) is 12.5 Å². The van der Waals surface area contributed by atoms with Crippen LogP contribution in [0.25, 0.3) is 0 Å². The van der Waals surface area contributed by atoms with E-state index in [0.29, 0.717) is 6.42 Å². The molecule has 1 aliphatic heterocycles. The van der Waals surface area contributed by atoms with Crippen molar-refractivity contribution in [3.8, 4) is 0 Å². The minimum atomic E-state index is -0.726. The zero-order valence-electron chi connectivity index (χ0n) is 10.4. The van der Waals surface area contributed by atoms with E-state index in [1.807, 2.05) is 0 Å². The minimum absolute atomic E-state index is 0.160. The summed E-state index contributed by atoms with van der Waals surface area (Å²) in [5.74, 6) is -0.0174. The first-order valence-corrected chi connectivity index (χ1v) is 5.91. The second-order valence-electron chi connectivity index (χ2n) is 3.94. The predicted octanol–water partition coefficient (Wildman–Crippen LogP) is -0.544. The highest BCUT2D eigenvalue weighted by molar-refractivity contribution is 5.89. The van der Waals surface area contributed by atoms with Gasteiger partial charge in [-0.05, 0) is 6.07 Å². The molecule has 2 heterocycles. The summed E-state index contributed by atoms with van der Waals surface area (Å²) < 4.78 is 11.6. The number of nitrogens with zero attached hydrogens (tertiary/aromatic N) is 2. The summed E-state index contributed by atoms with van der Waals surface area (Å²) in [6, 6.07) is 1.50. The van der Waals surface area contributed by atoms with Crippen molar-refractivity contribution in [2.45, 2.75) is 25.9 Å². The Kier molecular flexibility index (Phi) is 4.25. The molecule has 1 aromatic heterocycles. The van der Waals surface area contributed by atoms with Crippen LogP contribution in [0.15, 0.2) is 17.1 Å². The van der Waals surface area contributed by atoms with E-state index in [4.69, 9.17) is 14.6 Å². The molecule has 0 saturated carbocycles. The molecule has 8 heteroatoms. The third-order valence-electron chi connectivity index (χ3n) is 2.61. The number of aliphatic hydroxyl groups is 1. The zero-order valence-corrected chi connectivity index (χ0v) is 10.4. The molecule has 19 heavy (non-hydrogen) atoms. The maximum atomic E-state index is 11.8. The molecule has 0 bridgehead atoms. The molecule has 1 aliphatic rings. The maximum Gasteiger partial charge on any atom is 0.351 e. The van der Waals surface area contributed by atoms with Crippen LogP contribution < -0.4 is 11.0 Å². The average molecular weight is 269 g/mol. The Bertz CT molecular complexity index is 515. The topological polar surface area (TPSA) is 103 Å². The fourth-order valence-corrected chi connectivity index (χ4v) is 1.62. The summed E-state index contributed by atoms with van der Waals surface area (Å²) in [6.07, 6.45) is 0.432. The molecule has 1 amide bonds. The Hall–Kier alpha value is -1.77. The van der Waals surface area contributed by atoms with Crippen LogP contribution in [-0.4, -0.2) is 40.1 Å². The van der Waals surface area contributed by atoms with Gasteiger partial charge in [-0.15, -0.1) is 0 Å². The largest absolute Gasteiger partial charge is 0.391 e. The monoisotopic (exact) mass is 269 g/mol. The van der Waals surface area contributed by atoms with Gasteiger partial charge in [-0.3, -0.25) is 9.36 Å². The van der Waals surface area contributed by atoms with Crippen molar-refractivity contribution >= 4 is 11.7 Å². The standard InChI is InChI=1S/C11H15N3O5/c1-2-8(16)12-7-3-4-14(11(17)13-7)9-6-18-10(5-15)19-9/h3-4,9-10,15H,2,5-6H2,1H3,(H,12,13,16,17). The van der Waals surface area contributed by atoms with Crippen molar-refractivity contribution in [1.82, 2.24) is 9.55 Å². The highest BCUT2D eigenvalue weighted by Gasteiger charge is 2.27. The summed E-state index contributed by atoms with van der Waals surface area (Å²) in [4.78, 5) is 26.7. The normalized spacial score (nSPS) is 22.4. The lowest BCUT2D eigenvalue weighted by atomic mass is 10.4. The van der Waals surface area contributed by atoms with E-state index in [2.05, 4.69) is 10.3 Å². The summed E-state index contributed by atoms with van der Waals surface area (Å²) >= 11 is 0. The molecule has 2 N–H and O–H groups in total. The minimum Gasteiger partial charge on any atom is -0.391 e. The van der Waals surface area contributed by atoms with Gasteiger partial charge in [-0.1, -0.05) is 6.92 Å². The van der Waals surface area contributed by atoms with Gasteiger partial charge in [-0.2, -0.15) is 4.98 Å². The van der Waals surface area contributed by atoms with Crippen molar-refractivity contribution in [3.63, 3.8) is 0 Å². The smallest absolute Gasteiger partial charge is 0.351 e. The number of carbonyl (C=O) groups is 1. The van der Waals surface area contributed by atoms with Gasteiger partial charge in [-0.25, -0.2) is 4.79 Å². The molecule has 2 atom stereocenters. The number of aliphatic hydroxyl groups excluding tert-OH is 1. The van der Waals surface area contributed by atoms with Gasteiger partial charge in [0.05, 0.1) is 13.2 Å². The third kappa shape index (κ3) is 3.16. The molecular formula is C11H15N3O5. The molecule has 0 spiro atoms. The number of aromatic nitrogens is 2. The van der Waals surface area contributed by atoms with Crippen LogP contribution in [0.2, 0.25) is 0 Å². The number of hydrogen-bond donors (Lipinski definition) is 2. The number of carbonyl (C=O) groups excluding carboxylic acids is 1. The van der Waals surface area contributed by atoms with Crippen molar-refractivity contribution in [2.24, 2.45) is 0 Å². The average Bonchev–Trinajstić information content (AvgIpc) is 2.87. The van der Waals surface area contributed by atoms with Crippen LogP contribution >= 0.6 is 0 Å². The molecule has 104 valence electrons. The highest BCUT2D eigenvalue weighted by Crippen LogP contribution is 2.19. The van der Waals surface area contributed by atoms with Crippen molar-refractivity contribution in [2.75, 3.05) is 18.5 Å². The van der Waals surface area contributed by atoms with Crippen molar-refractivity contribution in [1.29, 1.82) is 0 Å². The molecule has 1 aromatic rings. The molecule has 0 aromatic carbocycles. The lowest BCUT2D eigenvalue weighted by molar-refractivity contribution is -0.115. The van der Waals surface area contributed by atoms with E-state index >= 15 is 0 Å². The van der Waals surface area contributed by atoms with Crippen LogP contribution in [0.4, 0.5) is 5.82 Å². The molecule has 1 saturated heterocycles. The number of anilines is 1. The molecule has 0 aliphatic carbocycles. The van der Waals surface area contributed by atoms with Crippen molar-refractivity contribution < 1.29 is 19.4 Å². The molecular weight excluding hydrogens is 254 g/mol. The number of rotatable bonds is 4. The van der Waals surface area contributed by atoms with E-state index in [9.17, 15) is 9.59 Å². The van der Waals surface area contributed by atoms with Gasteiger partial charge in [0, 0.05) is 12.6 Å². The Morgan fingerprint density at radius 2 is 2.47 bits per heavy atom. The molecule has 0 radical (unpaired) electrons. The van der Waals surface area contributed by atoms with Gasteiger partial charge in [0.25, 0.3) is 0 Å². The zero-order chi connectivity index (χ0) is 13.8. The number of amides is 1. The van der Waals surface area contributed by atoms with Gasteiger partial charge >= 0.3 is 5.69 Å². The number of hydrogen-bond acceptors (Lipinski definition) is 6. The first-order chi connectivity index (χ1) is 9.13. The van der Waals surface area contributed by atoms with Gasteiger partial charge in [0.2, 0.25) is 5.91 Å². The fourth-order valence-electron chi connectivity index (χ4n) is 1.62. The van der Waals surface area contributed by atoms with Crippen LogP contribution in [0.3, 0.4) is 0 Å². The SMILES string of the molecule is CCC(=O)Nc1ccn(C2COC(CO)O2)c(=O)n1. The van der Waals surface area contributed by atoms with Crippen LogP contribution in [0.5, 0.6) is 0 Å². The maximum absolute atomic E-state index is 11.8. The van der Waals surface area contributed by atoms with E-state index in [0.717, 1.165) is 0 Å². The lowest BCUT2D eigenvalue weighted by Crippen LogP contribution is -2.29. The molecule has 1 fully saturated rings. The highest BCUT2D eigenvalue weighted by atomic mass is 16.7. The Morgan fingerprint density at radius 3 is 3.05 bits per heavy atom. The first kappa shape index (κ1) is 13.7. The Balaban J connectivity index is 2.12. The second-order valence-corrected chi connectivity index (χ2v) is 3.94. The first-order valence-electron chi connectivity index (χ1n) is 5.91. The molecule has 2 rings (SSSR count).